The van der Waals surface area contributed by atoms with Gasteiger partial charge in [0, 0.05) is 35.1 Å². The highest BCUT2D eigenvalue weighted by atomic mass is 127. The molecule has 0 saturated carbocycles. The highest BCUT2D eigenvalue weighted by Gasteiger charge is 2.12. The van der Waals surface area contributed by atoms with E-state index in [4.69, 9.17) is 0 Å². The normalized spacial score (nSPS) is 11.5. The number of nitrogens with one attached hydrogen (secondary N) is 2. The third-order valence-electron chi connectivity index (χ3n) is 3.54. The molecule has 2 aromatic heterocycles. The molecule has 0 atom stereocenters. The molecular weight excluding hydrogens is 465 g/mol. The van der Waals surface area contributed by atoms with Gasteiger partial charge in [-0.1, -0.05) is 0 Å². The number of rotatable bonds is 7. The second-order valence-corrected chi connectivity index (χ2v) is 8.54. The fourth-order valence-corrected chi connectivity index (χ4v) is 3.73. The van der Waals surface area contributed by atoms with Crippen molar-refractivity contribution in [2.45, 2.75) is 11.8 Å². The number of sulfonamides is 1. The van der Waals surface area contributed by atoms with Crippen LogP contribution >= 0.6 is 22.6 Å². The summed E-state index contributed by atoms with van der Waals surface area (Å²) in [5.41, 5.74) is 0. The van der Waals surface area contributed by atoms with Crippen LogP contribution in [0.25, 0.3) is 5.82 Å². The van der Waals surface area contributed by atoms with Gasteiger partial charge in [-0.15, -0.1) is 0 Å². The maximum absolute atomic E-state index is 12.2. The van der Waals surface area contributed by atoms with E-state index in [0.717, 1.165) is 9.39 Å². The molecule has 2 heterocycles. The molecule has 136 valence electrons. The zero-order chi connectivity index (χ0) is 18.6. The molecule has 0 saturated heterocycles. The first kappa shape index (κ1) is 18.8. The third kappa shape index (κ3) is 4.80. The molecule has 0 spiro atoms. The zero-order valence-corrected chi connectivity index (χ0v) is 17.0. The van der Waals surface area contributed by atoms with Gasteiger partial charge in [-0.2, -0.15) is 0 Å². The molecule has 0 radical (unpaired) electrons. The summed E-state index contributed by atoms with van der Waals surface area (Å²) in [7, 11) is -3.51. The summed E-state index contributed by atoms with van der Waals surface area (Å²) in [4.78, 5) is 8.98. The van der Waals surface area contributed by atoms with Crippen LogP contribution in [0.2, 0.25) is 0 Å². The molecule has 0 amide bonds. The summed E-state index contributed by atoms with van der Waals surface area (Å²) in [5.74, 6) is 2.04. The van der Waals surface area contributed by atoms with Gasteiger partial charge in [0.05, 0.1) is 4.90 Å². The molecule has 0 unspecified atom stereocenters. The highest BCUT2D eigenvalue weighted by molar-refractivity contribution is 14.1. The van der Waals surface area contributed by atoms with Gasteiger partial charge in [-0.05, 0) is 65.9 Å². The first-order valence-electron chi connectivity index (χ1n) is 7.92. The Morgan fingerprint density at radius 3 is 2.46 bits per heavy atom. The van der Waals surface area contributed by atoms with E-state index in [1.54, 1.807) is 24.3 Å². The van der Waals surface area contributed by atoms with Crippen molar-refractivity contribution in [2.24, 2.45) is 0 Å². The summed E-state index contributed by atoms with van der Waals surface area (Å²) in [6, 6.07) is 12.4. The van der Waals surface area contributed by atoms with Gasteiger partial charge in [0.1, 0.15) is 17.5 Å². The summed E-state index contributed by atoms with van der Waals surface area (Å²) < 4.78 is 30.0. The number of benzene rings is 1. The second kappa shape index (κ2) is 8.14. The lowest BCUT2D eigenvalue weighted by atomic mass is 10.4. The van der Waals surface area contributed by atoms with Crippen molar-refractivity contribution in [2.75, 3.05) is 18.4 Å². The van der Waals surface area contributed by atoms with Crippen LogP contribution in [0.15, 0.2) is 59.8 Å². The van der Waals surface area contributed by atoms with Crippen LogP contribution in [0, 0.1) is 10.5 Å². The van der Waals surface area contributed by atoms with Gasteiger partial charge < -0.3 is 9.88 Å². The lowest BCUT2D eigenvalue weighted by Crippen LogP contribution is -2.29. The van der Waals surface area contributed by atoms with Crippen LogP contribution in [-0.2, 0) is 10.0 Å². The van der Waals surface area contributed by atoms with E-state index < -0.39 is 10.0 Å². The Balaban J connectivity index is 1.59. The molecule has 26 heavy (non-hydrogen) atoms. The van der Waals surface area contributed by atoms with Gasteiger partial charge in [-0.25, -0.2) is 23.1 Å². The maximum Gasteiger partial charge on any atom is 0.240 e. The van der Waals surface area contributed by atoms with Crippen LogP contribution in [0.3, 0.4) is 0 Å². The highest BCUT2D eigenvalue weighted by Crippen LogP contribution is 2.12. The minimum absolute atomic E-state index is 0.246. The summed E-state index contributed by atoms with van der Waals surface area (Å²) in [6.45, 7) is 2.47. The summed E-state index contributed by atoms with van der Waals surface area (Å²) in [5, 5.41) is 3.13. The minimum atomic E-state index is -3.51. The number of aryl methyl sites for hydroxylation is 1. The first-order chi connectivity index (χ1) is 12.4. The number of nitrogens with zero attached hydrogens (tertiary/aromatic N) is 3. The predicted molar refractivity (Wildman–Crippen MR) is 109 cm³/mol. The van der Waals surface area contributed by atoms with Gasteiger partial charge in [0.2, 0.25) is 10.0 Å². The number of hydrogen-bond donors (Lipinski definition) is 2. The molecule has 3 aromatic rings. The molecule has 0 aliphatic rings. The Kier molecular flexibility index (Phi) is 5.89. The molecule has 2 N–H and O–H groups in total. The summed E-state index contributed by atoms with van der Waals surface area (Å²) >= 11 is 2.14. The average Bonchev–Trinajstić information content (AvgIpc) is 3.13. The SMILES string of the molecule is Cc1nc(NCCNS(=O)(=O)c2ccc(I)cc2)cc(-n2cccc2)n1. The lowest BCUT2D eigenvalue weighted by Gasteiger charge is -2.10. The predicted octanol–water partition coefficient (Wildman–Crippen LogP) is 2.57. The van der Waals surface area contributed by atoms with Crippen LogP contribution in [0.1, 0.15) is 5.82 Å². The number of hydrogen-bond acceptors (Lipinski definition) is 5. The third-order valence-corrected chi connectivity index (χ3v) is 5.74. The Morgan fingerprint density at radius 2 is 1.77 bits per heavy atom. The molecule has 9 heteroatoms. The van der Waals surface area contributed by atoms with Crippen LogP contribution in [0.5, 0.6) is 0 Å². The Bertz CT molecular complexity index is 973. The van der Waals surface area contributed by atoms with Gasteiger partial charge in [0.25, 0.3) is 0 Å². The average molecular weight is 483 g/mol. The second-order valence-electron chi connectivity index (χ2n) is 5.53. The van der Waals surface area contributed by atoms with Crippen molar-refractivity contribution in [3.05, 3.63) is 64.3 Å². The molecule has 7 nitrogen and oxygen atoms in total. The van der Waals surface area contributed by atoms with Crippen LogP contribution in [-0.4, -0.2) is 36.0 Å². The van der Waals surface area contributed by atoms with Crippen molar-refractivity contribution in [1.29, 1.82) is 0 Å². The monoisotopic (exact) mass is 483 g/mol. The Labute approximate surface area is 166 Å². The topological polar surface area (TPSA) is 88.9 Å². The van der Waals surface area contributed by atoms with E-state index in [2.05, 4.69) is 42.6 Å². The van der Waals surface area contributed by atoms with Crippen LogP contribution < -0.4 is 10.0 Å². The minimum Gasteiger partial charge on any atom is -0.369 e. The maximum atomic E-state index is 12.2. The number of halogens is 1. The molecule has 0 aliphatic carbocycles. The van der Waals surface area contributed by atoms with E-state index in [1.165, 1.54) is 0 Å². The fourth-order valence-electron chi connectivity index (χ4n) is 2.34. The van der Waals surface area contributed by atoms with E-state index in [-0.39, 0.29) is 11.4 Å². The van der Waals surface area contributed by atoms with Crippen molar-refractivity contribution in [3.8, 4) is 5.82 Å². The fraction of sp³-hybridized carbons (Fsp3) is 0.176. The van der Waals surface area contributed by atoms with E-state index in [1.807, 2.05) is 42.1 Å². The van der Waals surface area contributed by atoms with E-state index in [0.29, 0.717) is 18.2 Å². The standard InChI is InChI=1S/C17H18IN5O2S/c1-13-21-16(12-17(22-13)23-10-2-3-11-23)19-8-9-20-26(24,25)15-6-4-14(18)5-7-15/h2-7,10-12,20H,8-9H2,1H3,(H,19,21,22). The molecule has 3 rings (SSSR count). The molecular formula is C17H18IN5O2S. The van der Waals surface area contributed by atoms with E-state index >= 15 is 0 Å². The Hall–Kier alpha value is -1.98. The summed E-state index contributed by atoms with van der Waals surface area (Å²) in [6.07, 6.45) is 3.81. The molecule has 0 bridgehead atoms. The van der Waals surface area contributed by atoms with Crippen molar-refractivity contribution in [3.63, 3.8) is 0 Å². The number of anilines is 1. The quantitative estimate of drug-likeness (QED) is 0.399. The van der Waals surface area contributed by atoms with Gasteiger partial charge in [0.15, 0.2) is 0 Å². The molecule has 1 aromatic carbocycles. The molecule has 0 fully saturated rings. The first-order valence-corrected chi connectivity index (χ1v) is 10.5. The van der Waals surface area contributed by atoms with Crippen molar-refractivity contribution < 1.29 is 8.42 Å². The smallest absolute Gasteiger partial charge is 0.240 e. The van der Waals surface area contributed by atoms with Gasteiger partial charge >= 0.3 is 0 Å². The van der Waals surface area contributed by atoms with Gasteiger partial charge in [-0.3, -0.25) is 0 Å². The van der Waals surface area contributed by atoms with Crippen molar-refractivity contribution >= 4 is 38.4 Å². The van der Waals surface area contributed by atoms with Crippen molar-refractivity contribution in [1.82, 2.24) is 19.3 Å². The largest absolute Gasteiger partial charge is 0.369 e. The van der Waals surface area contributed by atoms with Crippen LogP contribution in [0.4, 0.5) is 5.82 Å². The zero-order valence-electron chi connectivity index (χ0n) is 14.1. The van der Waals surface area contributed by atoms with E-state index in [9.17, 15) is 8.42 Å². The molecule has 0 aliphatic heterocycles. The Morgan fingerprint density at radius 1 is 1.08 bits per heavy atom. The number of aromatic nitrogens is 3. The lowest BCUT2D eigenvalue weighted by molar-refractivity contribution is 0.583.